The Bertz CT molecular complexity index is 280. The Morgan fingerprint density at radius 2 is 2.06 bits per heavy atom. The van der Waals surface area contributed by atoms with Crippen LogP contribution in [0.25, 0.3) is 0 Å². The Morgan fingerprint density at radius 1 is 1.39 bits per heavy atom. The van der Waals surface area contributed by atoms with Gasteiger partial charge in [0.05, 0.1) is 11.7 Å². The van der Waals surface area contributed by atoms with Crippen LogP contribution < -0.4 is 5.32 Å². The van der Waals surface area contributed by atoms with Crippen LogP contribution in [0.2, 0.25) is 0 Å². The third kappa shape index (κ3) is 3.25. The number of nitrogens with one attached hydrogen (secondary N) is 1. The third-order valence-corrected chi connectivity index (χ3v) is 4.43. The van der Waals surface area contributed by atoms with Crippen LogP contribution in [0, 0.1) is 5.92 Å². The fraction of sp³-hybridized carbons (Fsp3) is 0.933. The fourth-order valence-corrected chi connectivity index (χ4v) is 2.78. The van der Waals surface area contributed by atoms with E-state index in [1.54, 1.807) is 0 Å². The zero-order chi connectivity index (χ0) is 13.8. The Kier molecular flexibility index (Phi) is 5.64. The quantitative estimate of drug-likeness (QED) is 0.757. The molecular weight excluding hydrogens is 224 g/mol. The predicted molar refractivity (Wildman–Crippen MR) is 76.3 cm³/mol. The average molecular weight is 254 g/mol. The molecule has 0 aliphatic carbocycles. The molecule has 0 radical (unpaired) electrons. The predicted octanol–water partition coefficient (Wildman–Crippen LogP) is 3.15. The molecule has 106 valence electrons. The molecule has 18 heavy (non-hydrogen) atoms. The summed E-state index contributed by atoms with van der Waals surface area (Å²) in [5, 5.41) is 3.44. The van der Waals surface area contributed by atoms with Gasteiger partial charge in [-0.15, -0.1) is 0 Å². The van der Waals surface area contributed by atoms with Gasteiger partial charge in [-0.3, -0.25) is 10.1 Å². The number of hydrogen-bond acceptors (Lipinski definition) is 2. The summed E-state index contributed by atoms with van der Waals surface area (Å²) in [5.41, 5.74) is -0.345. The number of unbranched alkanes of at least 4 members (excludes halogenated alkanes) is 1. The highest BCUT2D eigenvalue weighted by Gasteiger charge is 2.45. The van der Waals surface area contributed by atoms with E-state index < -0.39 is 0 Å². The van der Waals surface area contributed by atoms with Gasteiger partial charge in [0.25, 0.3) is 0 Å². The van der Waals surface area contributed by atoms with E-state index in [-0.39, 0.29) is 17.6 Å². The van der Waals surface area contributed by atoms with Crippen LogP contribution in [0.5, 0.6) is 0 Å². The zero-order valence-electron chi connectivity index (χ0n) is 12.8. The molecule has 0 aromatic rings. The molecule has 1 fully saturated rings. The standard InChI is InChI=1S/C15H30N2O/c1-6-9-10-13(7-2)11-17-12(4)16-15(5,8-3)14(17)18/h12-13,16H,6-11H2,1-5H3. The molecule has 0 bridgehead atoms. The van der Waals surface area contributed by atoms with Crippen LogP contribution in [-0.4, -0.2) is 29.1 Å². The Labute approximate surface area is 112 Å². The normalized spacial score (nSPS) is 29.9. The average Bonchev–Trinajstić information content (AvgIpc) is 2.58. The molecule has 0 aromatic carbocycles. The van der Waals surface area contributed by atoms with E-state index in [9.17, 15) is 4.79 Å². The van der Waals surface area contributed by atoms with E-state index in [1.165, 1.54) is 25.7 Å². The summed E-state index contributed by atoms with van der Waals surface area (Å²) in [6.45, 7) is 11.6. The van der Waals surface area contributed by atoms with Crippen molar-refractivity contribution in [3.8, 4) is 0 Å². The SMILES string of the molecule is CCCCC(CC)CN1C(=O)C(C)(CC)NC1C. The van der Waals surface area contributed by atoms with Gasteiger partial charge in [0.15, 0.2) is 0 Å². The monoisotopic (exact) mass is 254 g/mol. The molecule has 0 aromatic heterocycles. The lowest BCUT2D eigenvalue weighted by Crippen LogP contribution is -2.43. The van der Waals surface area contributed by atoms with E-state index in [0.29, 0.717) is 5.92 Å². The molecule has 1 rings (SSSR count). The second-order valence-corrected chi connectivity index (χ2v) is 5.88. The van der Waals surface area contributed by atoms with E-state index in [1.807, 2.05) is 11.8 Å². The minimum Gasteiger partial charge on any atom is -0.326 e. The molecule has 3 heteroatoms. The maximum Gasteiger partial charge on any atom is 0.243 e. The Balaban J connectivity index is 2.63. The highest BCUT2D eigenvalue weighted by Crippen LogP contribution is 2.26. The van der Waals surface area contributed by atoms with Gasteiger partial charge in [-0.1, -0.05) is 40.0 Å². The number of nitrogens with zero attached hydrogens (tertiary/aromatic N) is 1. The lowest BCUT2D eigenvalue weighted by atomic mass is 9.96. The maximum atomic E-state index is 12.5. The first-order chi connectivity index (χ1) is 8.48. The van der Waals surface area contributed by atoms with Crippen molar-refractivity contribution in [1.29, 1.82) is 0 Å². The number of hydrogen-bond donors (Lipinski definition) is 1. The van der Waals surface area contributed by atoms with Crippen molar-refractivity contribution in [1.82, 2.24) is 10.2 Å². The van der Waals surface area contributed by atoms with Crippen molar-refractivity contribution >= 4 is 5.91 Å². The Hall–Kier alpha value is -0.570. The summed E-state index contributed by atoms with van der Waals surface area (Å²) in [4.78, 5) is 14.5. The second-order valence-electron chi connectivity index (χ2n) is 5.88. The first-order valence-electron chi connectivity index (χ1n) is 7.57. The van der Waals surface area contributed by atoms with Crippen molar-refractivity contribution in [2.75, 3.05) is 6.54 Å². The van der Waals surface area contributed by atoms with Crippen LogP contribution in [0.15, 0.2) is 0 Å². The van der Waals surface area contributed by atoms with Crippen molar-refractivity contribution in [3.05, 3.63) is 0 Å². The molecule has 3 atom stereocenters. The summed E-state index contributed by atoms with van der Waals surface area (Å²) in [6, 6.07) is 0. The lowest BCUT2D eigenvalue weighted by molar-refractivity contribution is -0.133. The highest BCUT2D eigenvalue weighted by molar-refractivity contribution is 5.88. The summed E-state index contributed by atoms with van der Waals surface area (Å²) < 4.78 is 0. The van der Waals surface area contributed by atoms with Gasteiger partial charge in [-0.05, 0) is 32.6 Å². The first kappa shape index (κ1) is 15.5. The summed E-state index contributed by atoms with van der Waals surface area (Å²) in [5.74, 6) is 0.935. The van der Waals surface area contributed by atoms with Crippen LogP contribution in [0.4, 0.5) is 0 Å². The summed E-state index contributed by atoms with van der Waals surface area (Å²) >= 11 is 0. The van der Waals surface area contributed by atoms with Gasteiger partial charge in [0.1, 0.15) is 0 Å². The topological polar surface area (TPSA) is 32.3 Å². The number of carbonyl (C=O) groups excluding carboxylic acids is 1. The van der Waals surface area contributed by atoms with Gasteiger partial charge in [0.2, 0.25) is 5.91 Å². The summed E-state index contributed by atoms with van der Waals surface area (Å²) in [7, 11) is 0. The number of amides is 1. The Morgan fingerprint density at radius 3 is 2.50 bits per heavy atom. The van der Waals surface area contributed by atoms with Crippen LogP contribution in [0.1, 0.15) is 66.7 Å². The van der Waals surface area contributed by atoms with Crippen LogP contribution in [0.3, 0.4) is 0 Å². The smallest absolute Gasteiger partial charge is 0.243 e. The number of carbonyl (C=O) groups is 1. The lowest BCUT2D eigenvalue weighted by Gasteiger charge is -2.26. The van der Waals surface area contributed by atoms with Gasteiger partial charge in [-0.2, -0.15) is 0 Å². The molecule has 1 aliphatic heterocycles. The van der Waals surface area contributed by atoms with Crippen LogP contribution >= 0.6 is 0 Å². The molecule has 1 amide bonds. The van der Waals surface area contributed by atoms with Crippen molar-refractivity contribution in [2.45, 2.75) is 78.4 Å². The van der Waals surface area contributed by atoms with E-state index >= 15 is 0 Å². The van der Waals surface area contributed by atoms with Gasteiger partial charge in [0, 0.05) is 6.54 Å². The van der Waals surface area contributed by atoms with Crippen molar-refractivity contribution in [2.24, 2.45) is 5.92 Å². The highest BCUT2D eigenvalue weighted by atomic mass is 16.2. The molecular formula is C15H30N2O. The molecule has 1 heterocycles. The van der Waals surface area contributed by atoms with Crippen LogP contribution in [-0.2, 0) is 4.79 Å². The third-order valence-electron chi connectivity index (χ3n) is 4.43. The van der Waals surface area contributed by atoms with E-state index in [0.717, 1.165) is 13.0 Å². The zero-order valence-corrected chi connectivity index (χ0v) is 12.8. The molecule has 1 N–H and O–H groups in total. The molecule has 3 nitrogen and oxygen atoms in total. The largest absolute Gasteiger partial charge is 0.326 e. The molecule has 3 unspecified atom stereocenters. The number of rotatable bonds is 7. The van der Waals surface area contributed by atoms with Crippen molar-refractivity contribution < 1.29 is 4.79 Å². The van der Waals surface area contributed by atoms with Gasteiger partial charge in [-0.25, -0.2) is 0 Å². The van der Waals surface area contributed by atoms with Crippen molar-refractivity contribution in [3.63, 3.8) is 0 Å². The second kappa shape index (κ2) is 6.55. The first-order valence-corrected chi connectivity index (χ1v) is 7.57. The molecule has 1 saturated heterocycles. The molecule has 0 saturated carbocycles. The van der Waals surface area contributed by atoms with Gasteiger partial charge >= 0.3 is 0 Å². The molecule has 0 spiro atoms. The van der Waals surface area contributed by atoms with E-state index in [2.05, 4.69) is 33.0 Å². The maximum absolute atomic E-state index is 12.5. The van der Waals surface area contributed by atoms with Gasteiger partial charge < -0.3 is 4.90 Å². The minimum atomic E-state index is -0.345. The summed E-state index contributed by atoms with van der Waals surface area (Å²) in [6.07, 6.45) is 5.96. The minimum absolute atomic E-state index is 0.179. The fourth-order valence-electron chi connectivity index (χ4n) is 2.78. The molecule has 1 aliphatic rings. The van der Waals surface area contributed by atoms with E-state index in [4.69, 9.17) is 0 Å².